The molecule has 0 heterocycles. The number of anilines is 1. The van der Waals surface area contributed by atoms with E-state index in [0.717, 1.165) is 11.1 Å². The minimum Gasteiger partial charge on any atom is -0.493 e. The molecule has 0 saturated heterocycles. The number of nitrogens with one attached hydrogen (secondary N) is 1. The Hall–Kier alpha value is -2.69. The van der Waals surface area contributed by atoms with Gasteiger partial charge in [0.1, 0.15) is 6.61 Å². The Kier molecular flexibility index (Phi) is 6.45. The van der Waals surface area contributed by atoms with Gasteiger partial charge in [0, 0.05) is 5.56 Å². The normalized spacial score (nSPS) is 10.4. The highest BCUT2D eigenvalue weighted by atomic mass is 35.5. The number of carbonyl (C=O) groups excluding carboxylic acids is 1. The molecule has 3 aromatic carbocycles. The molecule has 0 spiro atoms. The van der Waals surface area contributed by atoms with E-state index in [1.54, 1.807) is 18.2 Å². The standard InChI is InChI=1S/C22H19Cl2NO3/c1-14-7-6-10-17(23)20(14)25-22(26)16-11-18(24)21(19(12-16)27-2)28-13-15-8-4-3-5-9-15/h3-12H,13H2,1-2H3,(H,25,26). The van der Waals surface area contributed by atoms with E-state index in [0.29, 0.717) is 34.4 Å². The SMILES string of the molecule is COc1cc(C(=O)Nc2c(C)cccc2Cl)cc(Cl)c1OCc1ccccc1. The molecule has 0 bridgehead atoms. The second kappa shape index (κ2) is 9.00. The van der Waals surface area contributed by atoms with Gasteiger partial charge in [0.25, 0.3) is 5.91 Å². The quantitative estimate of drug-likeness (QED) is 0.525. The van der Waals surface area contributed by atoms with E-state index in [1.807, 2.05) is 49.4 Å². The van der Waals surface area contributed by atoms with Crippen LogP contribution in [-0.4, -0.2) is 13.0 Å². The first kappa shape index (κ1) is 20.1. The zero-order chi connectivity index (χ0) is 20.1. The van der Waals surface area contributed by atoms with E-state index in [9.17, 15) is 4.79 Å². The van der Waals surface area contributed by atoms with Gasteiger partial charge in [0.2, 0.25) is 0 Å². The lowest BCUT2D eigenvalue weighted by molar-refractivity contribution is 0.102. The predicted molar refractivity (Wildman–Crippen MR) is 113 cm³/mol. The van der Waals surface area contributed by atoms with Gasteiger partial charge in [-0.15, -0.1) is 0 Å². The topological polar surface area (TPSA) is 47.6 Å². The van der Waals surface area contributed by atoms with Gasteiger partial charge in [-0.05, 0) is 36.2 Å². The minimum absolute atomic E-state index is 0.288. The zero-order valence-electron chi connectivity index (χ0n) is 15.5. The van der Waals surface area contributed by atoms with Gasteiger partial charge in [-0.3, -0.25) is 4.79 Å². The number of carbonyl (C=O) groups is 1. The first-order chi connectivity index (χ1) is 13.5. The third-order valence-corrected chi connectivity index (χ3v) is 4.77. The number of hydrogen-bond acceptors (Lipinski definition) is 3. The van der Waals surface area contributed by atoms with Crippen LogP contribution < -0.4 is 14.8 Å². The van der Waals surface area contributed by atoms with Crippen LogP contribution in [-0.2, 0) is 6.61 Å². The van der Waals surface area contributed by atoms with E-state index >= 15 is 0 Å². The van der Waals surface area contributed by atoms with Crippen LogP contribution >= 0.6 is 23.2 Å². The number of amides is 1. The highest BCUT2D eigenvalue weighted by Crippen LogP contribution is 2.37. The average molecular weight is 416 g/mol. The molecule has 28 heavy (non-hydrogen) atoms. The van der Waals surface area contributed by atoms with Crippen LogP contribution in [0.3, 0.4) is 0 Å². The molecule has 4 nitrogen and oxygen atoms in total. The van der Waals surface area contributed by atoms with Crippen molar-refractivity contribution in [1.29, 1.82) is 0 Å². The molecule has 0 fully saturated rings. The van der Waals surface area contributed by atoms with Gasteiger partial charge < -0.3 is 14.8 Å². The van der Waals surface area contributed by atoms with Crippen LogP contribution in [0.25, 0.3) is 0 Å². The van der Waals surface area contributed by atoms with E-state index in [2.05, 4.69) is 5.32 Å². The van der Waals surface area contributed by atoms with Crippen molar-refractivity contribution in [3.05, 3.63) is 87.4 Å². The highest BCUT2D eigenvalue weighted by molar-refractivity contribution is 6.34. The fourth-order valence-electron chi connectivity index (χ4n) is 2.70. The maximum absolute atomic E-state index is 12.7. The summed E-state index contributed by atoms with van der Waals surface area (Å²) >= 11 is 12.6. The summed E-state index contributed by atoms with van der Waals surface area (Å²) in [5.41, 5.74) is 2.76. The molecule has 3 aromatic rings. The van der Waals surface area contributed by atoms with Crippen LogP contribution in [0.15, 0.2) is 60.7 Å². The molecule has 144 valence electrons. The smallest absolute Gasteiger partial charge is 0.255 e. The molecule has 0 radical (unpaired) electrons. The summed E-state index contributed by atoms with van der Waals surface area (Å²) in [6.45, 7) is 2.21. The zero-order valence-corrected chi connectivity index (χ0v) is 17.0. The van der Waals surface area contributed by atoms with Gasteiger partial charge in [-0.2, -0.15) is 0 Å². The number of rotatable bonds is 6. The number of aryl methyl sites for hydroxylation is 1. The van der Waals surface area contributed by atoms with E-state index in [-0.39, 0.29) is 10.9 Å². The molecule has 0 aliphatic heterocycles. The summed E-state index contributed by atoms with van der Waals surface area (Å²) in [5, 5.41) is 3.58. The molecule has 1 N–H and O–H groups in total. The molecule has 0 unspecified atom stereocenters. The number of benzene rings is 3. The molecular formula is C22H19Cl2NO3. The van der Waals surface area contributed by atoms with Crippen LogP contribution in [0.5, 0.6) is 11.5 Å². The monoisotopic (exact) mass is 415 g/mol. The fraction of sp³-hybridized carbons (Fsp3) is 0.136. The third-order valence-electron chi connectivity index (χ3n) is 4.18. The fourth-order valence-corrected chi connectivity index (χ4v) is 3.23. The number of para-hydroxylation sites is 1. The van der Waals surface area contributed by atoms with Crippen molar-refractivity contribution in [2.45, 2.75) is 13.5 Å². The molecule has 0 aromatic heterocycles. The van der Waals surface area contributed by atoms with Gasteiger partial charge in [-0.25, -0.2) is 0 Å². The Bertz CT molecular complexity index is 970. The summed E-state index contributed by atoms with van der Waals surface area (Å²) in [4.78, 5) is 12.7. The molecular weight excluding hydrogens is 397 g/mol. The molecule has 1 amide bonds. The largest absolute Gasteiger partial charge is 0.493 e. The average Bonchev–Trinajstić information content (AvgIpc) is 2.70. The van der Waals surface area contributed by atoms with Crippen LogP contribution in [0.2, 0.25) is 10.0 Å². The molecule has 0 aliphatic carbocycles. The number of hydrogen-bond donors (Lipinski definition) is 1. The number of halogens is 2. The second-order valence-electron chi connectivity index (χ2n) is 6.15. The van der Waals surface area contributed by atoms with E-state index in [1.165, 1.54) is 7.11 Å². The molecule has 6 heteroatoms. The summed E-state index contributed by atoms with van der Waals surface area (Å²) in [6, 6.07) is 18.3. The number of ether oxygens (including phenoxy) is 2. The van der Waals surface area contributed by atoms with Crippen molar-refractivity contribution in [2.24, 2.45) is 0 Å². The van der Waals surface area contributed by atoms with E-state index in [4.69, 9.17) is 32.7 Å². The van der Waals surface area contributed by atoms with Gasteiger partial charge in [0.05, 0.1) is 22.8 Å². The second-order valence-corrected chi connectivity index (χ2v) is 6.96. The maximum Gasteiger partial charge on any atom is 0.255 e. The van der Waals surface area contributed by atoms with Crippen LogP contribution in [0.4, 0.5) is 5.69 Å². The Morgan fingerprint density at radius 3 is 2.43 bits per heavy atom. The van der Waals surface area contributed by atoms with Crippen molar-refractivity contribution >= 4 is 34.8 Å². The molecule has 3 rings (SSSR count). The molecule has 0 aliphatic rings. The van der Waals surface area contributed by atoms with Gasteiger partial charge >= 0.3 is 0 Å². The number of methoxy groups -OCH3 is 1. The van der Waals surface area contributed by atoms with Crippen molar-refractivity contribution in [3.8, 4) is 11.5 Å². The van der Waals surface area contributed by atoms with E-state index < -0.39 is 0 Å². The van der Waals surface area contributed by atoms with Gasteiger partial charge in [-0.1, -0.05) is 65.7 Å². The first-order valence-electron chi connectivity index (χ1n) is 8.60. The van der Waals surface area contributed by atoms with Crippen molar-refractivity contribution in [3.63, 3.8) is 0 Å². The maximum atomic E-state index is 12.7. The Morgan fingerprint density at radius 2 is 1.75 bits per heavy atom. The third kappa shape index (κ3) is 4.58. The lowest BCUT2D eigenvalue weighted by Gasteiger charge is -2.15. The van der Waals surface area contributed by atoms with Crippen molar-refractivity contribution in [1.82, 2.24) is 0 Å². The summed E-state index contributed by atoms with van der Waals surface area (Å²) in [5.74, 6) is 0.425. The summed E-state index contributed by atoms with van der Waals surface area (Å²) in [6.07, 6.45) is 0. The van der Waals surface area contributed by atoms with Crippen molar-refractivity contribution in [2.75, 3.05) is 12.4 Å². The summed E-state index contributed by atoms with van der Waals surface area (Å²) < 4.78 is 11.2. The Balaban J connectivity index is 1.83. The Morgan fingerprint density at radius 1 is 1.00 bits per heavy atom. The summed E-state index contributed by atoms with van der Waals surface area (Å²) in [7, 11) is 1.50. The molecule has 0 saturated carbocycles. The molecule has 0 atom stereocenters. The lowest BCUT2D eigenvalue weighted by atomic mass is 10.1. The lowest BCUT2D eigenvalue weighted by Crippen LogP contribution is -2.13. The van der Waals surface area contributed by atoms with Gasteiger partial charge in [0.15, 0.2) is 11.5 Å². The van der Waals surface area contributed by atoms with Crippen LogP contribution in [0.1, 0.15) is 21.5 Å². The van der Waals surface area contributed by atoms with Crippen molar-refractivity contribution < 1.29 is 14.3 Å². The predicted octanol–water partition coefficient (Wildman–Crippen LogP) is 6.14. The Labute approximate surface area is 174 Å². The highest BCUT2D eigenvalue weighted by Gasteiger charge is 2.17. The van der Waals surface area contributed by atoms with Crippen LogP contribution in [0, 0.1) is 6.92 Å². The first-order valence-corrected chi connectivity index (χ1v) is 9.36. The minimum atomic E-state index is -0.342.